The number of hydrogen-bond acceptors (Lipinski definition) is 6. The van der Waals surface area contributed by atoms with Crippen LogP contribution < -0.4 is 5.32 Å². The molecule has 22 heavy (non-hydrogen) atoms. The molecule has 0 aliphatic heterocycles. The Morgan fingerprint density at radius 2 is 2.23 bits per heavy atom. The zero-order valence-electron chi connectivity index (χ0n) is 12.8. The van der Waals surface area contributed by atoms with Crippen LogP contribution in [-0.2, 0) is 4.74 Å². The van der Waals surface area contributed by atoms with Crippen molar-refractivity contribution in [1.82, 2.24) is 4.98 Å². The van der Waals surface area contributed by atoms with E-state index in [1.165, 1.54) is 6.20 Å². The maximum Gasteiger partial charge on any atom is 0.290 e. The minimum absolute atomic E-state index is 0.00725. The molecule has 1 atom stereocenters. The van der Waals surface area contributed by atoms with Crippen molar-refractivity contribution in [3.63, 3.8) is 0 Å². The summed E-state index contributed by atoms with van der Waals surface area (Å²) in [7, 11) is 1.64. The molecule has 0 saturated heterocycles. The van der Waals surface area contributed by atoms with E-state index in [0.717, 1.165) is 11.5 Å². The molecule has 0 saturated carbocycles. The van der Waals surface area contributed by atoms with Gasteiger partial charge in [-0.1, -0.05) is 0 Å². The molecule has 2 aromatic heterocycles. The number of nitrogens with zero attached hydrogens (tertiary/aromatic N) is 2. The first kappa shape index (κ1) is 16.0. The fourth-order valence-electron chi connectivity index (χ4n) is 2.16. The summed E-state index contributed by atoms with van der Waals surface area (Å²) in [4.78, 5) is 14.5. The second kappa shape index (κ2) is 7.04. The van der Waals surface area contributed by atoms with Crippen molar-refractivity contribution in [1.29, 1.82) is 0 Å². The molecule has 0 amide bonds. The molecule has 0 spiro atoms. The summed E-state index contributed by atoms with van der Waals surface area (Å²) >= 11 is 0. The van der Waals surface area contributed by atoms with Gasteiger partial charge < -0.3 is 14.5 Å². The van der Waals surface area contributed by atoms with Gasteiger partial charge in [0.15, 0.2) is 0 Å². The van der Waals surface area contributed by atoms with Gasteiger partial charge in [-0.2, -0.15) is 0 Å². The molecular weight excluding hydrogens is 286 g/mol. The van der Waals surface area contributed by atoms with Crippen LogP contribution in [0.25, 0.3) is 0 Å². The summed E-state index contributed by atoms with van der Waals surface area (Å²) < 4.78 is 10.8. The minimum Gasteiger partial charge on any atom is -0.464 e. The number of rotatable bonds is 7. The number of hydrogen-bond donors (Lipinski definition) is 1. The largest absolute Gasteiger partial charge is 0.464 e. The van der Waals surface area contributed by atoms with Gasteiger partial charge in [0.1, 0.15) is 23.5 Å². The first-order chi connectivity index (χ1) is 10.5. The molecule has 0 unspecified atom stereocenters. The zero-order chi connectivity index (χ0) is 16.1. The molecule has 7 heteroatoms. The van der Waals surface area contributed by atoms with Crippen LogP contribution >= 0.6 is 0 Å². The molecule has 7 nitrogen and oxygen atoms in total. The normalized spacial score (nSPS) is 12.1. The molecule has 2 aromatic rings. The monoisotopic (exact) mass is 305 g/mol. The number of aromatic nitrogens is 1. The average molecular weight is 305 g/mol. The summed E-state index contributed by atoms with van der Waals surface area (Å²) in [5, 5.41) is 14.1. The molecule has 0 aliphatic rings. The summed E-state index contributed by atoms with van der Waals surface area (Å²) in [6, 6.07) is 5.35. The summed E-state index contributed by atoms with van der Waals surface area (Å²) in [6.07, 6.45) is 1.96. The Hall–Kier alpha value is -2.41. The molecular formula is C15H19N3O4. The van der Waals surface area contributed by atoms with Crippen molar-refractivity contribution in [2.75, 3.05) is 19.0 Å². The lowest BCUT2D eigenvalue weighted by Crippen LogP contribution is -2.13. The van der Waals surface area contributed by atoms with Gasteiger partial charge in [0.25, 0.3) is 5.69 Å². The number of ether oxygens (including phenoxy) is 1. The lowest BCUT2D eigenvalue weighted by Gasteiger charge is -2.17. The van der Waals surface area contributed by atoms with Gasteiger partial charge in [-0.15, -0.1) is 0 Å². The third kappa shape index (κ3) is 3.82. The van der Waals surface area contributed by atoms with Crippen LogP contribution in [0.2, 0.25) is 0 Å². The zero-order valence-corrected chi connectivity index (χ0v) is 12.8. The van der Waals surface area contributed by atoms with Crippen molar-refractivity contribution < 1.29 is 14.1 Å². The van der Waals surface area contributed by atoms with Gasteiger partial charge >= 0.3 is 0 Å². The molecule has 0 aliphatic carbocycles. The van der Waals surface area contributed by atoms with Gasteiger partial charge in [-0.25, -0.2) is 4.98 Å². The Balaban J connectivity index is 2.19. The van der Waals surface area contributed by atoms with E-state index in [2.05, 4.69) is 10.3 Å². The second-order valence-corrected chi connectivity index (χ2v) is 5.04. The summed E-state index contributed by atoms with van der Waals surface area (Å²) in [5.41, 5.74) is 0.566. The van der Waals surface area contributed by atoms with Crippen LogP contribution in [0.3, 0.4) is 0 Å². The highest BCUT2D eigenvalue weighted by Gasteiger charge is 2.17. The second-order valence-electron chi connectivity index (χ2n) is 5.04. The lowest BCUT2D eigenvalue weighted by molar-refractivity contribution is -0.385. The Kier molecular flexibility index (Phi) is 5.11. The van der Waals surface area contributed by atoms with Crippen LogP contribution in [0.1, 0.15) is 29.5 Å². The van der Waals surface area contributed by atoms with E-state index in [9.17, 15) is 10.1 Å². The van der Waals surface area contributed by atoms with Crippen LogP contribution in [0.15, 0.2) is 28.8 Å². The maximum atomic E-state index is 10.8. The highest BCUT2D eigenvalue weighted by molar-refractivity contribution is 5.47. The van der Waals surface area contributed by atoms with Crippen LogP contribution in [0, 0.1) is 24.0 Å². The quantitative estimate of drug-likeness (QED) is 0.623. The standard InChI is InChI=1S/C15H19N3O4/c1-10-8-15(16-9-13(10)18(19)20)17-12(6-7-21-3)14-5-4-11(2)22-14/h4-5,8-9,12H,6-7H2,1-3H3,(H,16,17)/t12-/m0/s1. The van der Waals surface area contributed by atoms with E-state index in [4.69, 9.17) is 9.15 Å². The van der Waals surface area contributed by atoms with Gasteiger partial charge in [-0.05, 0) is 38.5 Å². The van der Waals surface area contributed by atoms with Crippen molar-refractivity contribution in [3.8, 4) is 0 Å². The number of aryl methyl sites for hydroxylation is 2. The first-order valence-corrected chi connectivity index (χ1v) is 6.94. The highest BCUT2D eigenvalue weighted by Crippen LogP contribution is 2.26. The number of furan rings is 1. The topological polar surface area (TPSA) is 90.4 Å². The highest BCUT2D eigenvalue weighted by atomic mass is 16.6. The van der Waals surface area contributed by atoms with E-state index in [1.54, 1.807) is 20.1 Å². The summed E-state index contributed by atoms with van der Waals surface area (Å²) in [5.74, 6) is 2.18. The summed E-state index contributed by atoms with van der Waals surface area (Å²) in [6.45, 7) is 4.13. The lowest BCUT2D eigenvalue weighted by atomic mass is 10.1. The van der Waals surface area contributed by atoms with E-state index in [1.807, 2.05) is 19.1 Å². The maximum absolute atomic E-state index is 10.8. The van der Waals surface area contributed by atoms with Crippen molar-refractivity contribution in [2.45, 2.75) is 26.3 Å². The van der Waals surface area contributed by atoms with Crippen LogP contribution in [-0.4, -0.2) is 23.6 Å². The average Bonchev–Trinajstić information content (AvgIpc) is 2.89. The molecule has 0 radical (unpaired) electrons. The van der Waals surface area contributed by atoms with Crippen LogP contribution in [0.5, 0.6) is 0 Å². The Morgan fingerprint density at radius 1 is 1.45 bits per heavy atom. The van der Waals surface area contributed by atoms with Gasteiger partial charge in [0.05, 0.1) is 11.0 Å². The fourth-order valence-corrected chi connectivity index (χ4v) is 2.16. The number of methoxy groups -OCH3 is 1. The molecule has 0 aromatic carbocycles. The Labute approximate surface area is 128 Å². The van der Waals surface area contributed by atoms with E-state index in [0.29, 0.717) is 24.4 Å². The predicted octanol–water partition coefficient (Wildman–Crippen LogP) is 3.39. The van der Waals surface area contributed by atoms with E-state index < -0.39 is 4.92 Å². The first-order valence-electron chi connectivity index (χ1n) is 6.94. The fraction of sp³-hybridized carbons (Fsp3) is 0.400. The SMILES string of the molecule is COCC[C@H](Nc1cc(C)c([N+](=O)[O-])cn1)c1ccc(C)o1. The molecule has 0 fully saturated rings. The third-order valence-electron chi connectivity index (χ3n) is 3.32. The minimum atomic E-state index is -0.440. The Bertz CT molecular complexity index is 654. The van der Waals surface area contributed by atoms with Crippen molar-refractivity contribution >= 4 is 11.5 Å². The van der Waals surface area contributed by atoms with E-state index >= 15 is 0 Å². The molecule has 2 rings (SSSR count). The van der Waals surface area contributed by atoms with Gasteiger partial charge in [0, 0.05) is 19.3 Å². The molecule has 118 valence electrons. The van der Waals surface area contributed by atoms with Crippen molar-refractivity contribution in [2.24, 2.45) is 0 Å². The number of pyridine rings is 1. The molecule has 0 bridgehead atoms. The Morgan fingerprint density at radius 3 is 2.77 bits per heavy atom. The number of nitrogens with one attached hydrogen (secondary N) is 1. The van der Waals surface area contributed by atoms with Crippen molar-refractivity contribution in [3.05, 3.63) is 51.6 Å². The van der Waals surface area contributed by atoms with Gasteiger partial charge in [0.2, 0.25) is 0 Å². The van der Waals surface area contributed by atoms with Crippen LogP contribution in [0.4, 0.5) is 11.5 Å². The molecule has 1 N–H and O–H groups in total. The third-order valence-corrected chi connectivity index (χ3v) is 3.32. The van der Waals surface area contributed by atoms with Gasteiger partial charge in [-0.3, -0.25) is 10.1 Å². The van der Waals surface area contributed by atoms with E-state index in [-0.39, 0.29) is 11.7 Å². The number of anilines is 1. The molecule has 2 heterocycles. The number of nitro groups is 1. The smallest absolute Gasteiger partial charge is 0.290 e. The predicted molar refractivity (Wildman–Crippen MR) is 81.9 cm³/mol.